The van der Waals surface area contributed by atoms with Crippen LogP contribution in [0.4, 0.5) is 0 Å². The second kappa shape index (κ2) is 6.83. The minimum Gasteiger partial charge on any atom is -0.508 e. The molecule has 9 heteroatoms. The molecule has 1 aromatic rings. The molecule has 0 bridgehead atoms. The number of carboxylic acid groups (broad SMARTS) is 1. The van der Waals surface area contributed by atoms with Crippen LogP contribution >= 0.6 is 7.82 Å². The third-order valence-corrected chi connectivity index (χ3v) is 3.07. The Labute approximate surface area is 115 Å². The van der Waals surface area contributed by atoms with E-state index in [1.165, 1.54) is 12.1 Å². The van der Waals surface area contributed by atoms with Crippen LogP contribution in [0.25, 0.3) is 0 Å². The second-order valence-electron chi connectivity index (χ2n) is 4.19. The Kier molecular flexibility index (Phi) is 5.67. The molecule has 0 radical (unpaired) electrons. The van der Waals surface area contributed by atoms with Gasteiger partial charge in [0.1, 0.15) is 11.8 Å². The lowest BCUT2D eigenvalue weighted by Crippen LogP contribution is -2.32. The zero-order chi connectivity index (χ0) is 15.3. The van der Waals surface area contributed by atoms with E-state index in [0.29, 0.717) is 11.1 Å². The Hall–Kier alpha value is -1.44. The lowest BCUT2D eigenvalue weighted by Gasteiger charge is -2.10. The van der Waals surface area contributed by atoms with Crippen molar-refractivity contribution in [3.63, 3.8) is 0 Å². The van der Waals surface area contributed by atoms with Crippen LogP contribution in [0.2, 0.25) is 0 Å². The highest BCUT2D eigenvalue weighted by atomic mass is 31.2. The van der Waals surface area contributed by atoms with E-state index in [1.807, 2.05) is 0 Å². The van der Waals surface area contributed by atoms with E-state index >= 15 is 0 Å². The van der Waals surface area contributed by atoms with Crippen molar-refractivity contribution in [2.75, 3.05) is 6.61 Å². The summed E-state index contributed by atoms with van der Waals surface area (Å²) in [7, 11) is -4.52. The Morgan fingerprint density at radius 3 is 2.55 bits per heavy atom. The first-order valence-corrected chi connectivity index (χ1v) is 7.21. The fourth-order valence-corrected chi connectivity index (χ4v) is 1.89. The maximum Gasteiger partial charge on any atom is 0.469 e. The molecule has 0 amide bonds. The summed E-state index contributed by atoms with van der Waals surface area (Å²) >= 11 is 0. The van der Waals surface area contributed by atoms with Crippen molar-refractivity contribution in [1.82, 2.24) is 0 Å². The molecule has 0 aliphatic heterocycles. The van der Waals surface area contributed by atoms with Crippen LogP contribution in [0.1, 0.15) is 11.1 Å². The summed E-state index contributed by atoms with van der Waals surface area (Å²) in [6.07, 6.45) is 0.185. The smallest absolute Gasteiger partial charge is 0.469 e. The number of benzene rings is 1. The zero-order valence-corrected chi connectivity index (χ0v) is 11.4. The first-order chi connectivity index (χ1) is 9.19. The zero-order valence-electron chi connectivity index (χ0n) is 10.5. The van der Waals surface area contributed by atoms with Crippen LogP contribution in [0.15, 0.2) is 18.2 Å². The molecule has 0 saturated carbocycles. The number of carboxylic acids is 1. The number of aliphatic carboxylic acids is 1. The van der Waals surface area contributed by atoms with Crippen LogP contribution in [-0.2, 0) is 26.7 Å². The van der Waals surface area contributed by atoms with Gasteiger partial charge in [0.15, 0.2) is 0 Å². The summed E-state index contributed by atoms with van der Waals surface area (Å²) in [5.74, 6) is -1.24. The monoisotopic (exact) mass is 305 g/mol. The standard InChI is InChI=1S/C11H16NO7P/c12-9(11(14)15)5-7-1-2-8(10(13)6-7)3-4-19-20(16,17)18/h1-2,6,9,13H,3-5,12H2,(H,14,15)(H2,16,17,18)/t9-/m0/s1. The highest BCUT2D eigenvalue weighted by Crippen LogP contribution is 2.36. The first kappa shape index (κ1) is 16.6. The highest BCUT2D eigenvalue weighted by molar-refractivity contribution is 7.46. The molecule has 1 aromatic carbocycles. The van der Waals surface area contributed by atoms with Crippen LogP contribution < -0.4 is 5.73 Å². The van der Waals surface area contributed by atoms with E-state index in [2.05, 4.69) is 4.52 Å². The molecule has 0 heterocycles. The summed E-state index contributed by atoms with van der Waals surface area (Å²) in [5.41, 5.74) is 6.37. The van der Waals surface area contributed by atoms with Gasteiger partial charge in [0, 0.05) is 6.42 Å². The molecule has 20 heavy (non-hydrogen) atoms. The number of hydrogen-bond acceptors (Lipinski definition) is 5. The number of phosphoric ester groups is 1. The molecular formula is C11H16NO7P. The van der Waals surface area contributed by atoms with Crippen molar-refractivity contribution in [3.05, 3.63) is 29.3 Å². The van der Waals surface area contributed by atoms with E-state index in [-0.39, 0.29) is 25.2 Å². The number of hydrogen-bond donors (Lipinski definition) is 5. The third-order valence-electron chi connectivity index (χ3n) is 2.55. The van der Waals surface area contributed by atoms with Gasteiger partial charge in [0.2, 0.25) is 0 Å². The SMILES string of the molecule is N[C@@H](Cc1ccc(CCOP(=O)(O)O)c(O)c1)C(=O)O. The topological polar surface area (TPSA) is 150 Å². The van der Waals surface area contributed by atoms with Crippen LogP contribution in [0.5, 0.6) is 5.75 Å². The van der Waals surface area contributed by atoms with E-state index in [4.69, 9.17) is 20.6 Å². The van der Waals surface area contributed by atoms with Gasteiger partial charge in [0.05, 0.1) is 6.61 Å². The van der Waals surface area contributed by atoms with Crippen molar-refractivity contribution in [1.29, 1.82) is 0 Å². The van der Waals surface area contributed by atoms with Crippen molar-refractivity contribution in [2.24, 2.45) is 5.73 Å². The van der Waals surface area contributed by atoms with Crippen molar-refractivity contribution < 1.29 is 33.9 Å². The molecule has 0 fully saturated rings. The molecule has 6 N–H and O–H groups in total. The minimum atomic E-state index is -4.52. The molecule has 112 valence electrons. The summed E-state index contributed by atoms with van der Waals surface area (Å²) in [4.78, 5) is 27.6. The first-order valence-electron chi connectivity index (χ1n) is 5.68. The van der Waals surface area contributed by atoms with E-state index in [9.17, 15) is 14.5 Å². The van der Waals surface area contributed by atoms with Crippen molar-refractivity contribution in [2.45, 2.75) is 18.9 Å². The number of phosphoric acid groups is 1. The Balaban J connectivity index is 2.64. The largest absolute Gasteiger partial charge is 0.508 e. The molecule has 0 aliphatic carbocycles. The molecular weight excluding hydrogens is 289 g/mol. The van der Waals surface area contributed by atoms with Gasteiger partial charge in [-0.2, -0.15) is 0 Å². The lowest BCUT2D eigenvalue weighted by atomic mass is 10.0. The maximum absolute atomic E-state index is 10.6. The summed E-state index contributed by atoms with van der Waals surface area (Å²) in [6, 6.07) is 3.44. The number of nitrogens with two attached hydrogens (primary N) is 1. The average Bonchev–Trinajstić information content (AvgIpc) is 2.30. The van der Waals surface area contributed by atoms with Crippen molar-refractivity contribution in [3.8, 4) is 5.75 Å². The van der Waals surface area contributed by atoms with Crippen LogP contribution in [0, 0.1) is 0 Å². The lowest BCUT2D eigenvalue weighted by molar-refractivity contribution is -0.138. The van der Waals surface area contributed by atoms with Gasteiger partial charge in [0.25, 0.3) is 0 Å². The predicted molar refractivity (Wildman–Crippen MR) is 69.1 cm³/mol. The highest BCUT2D eigenvalue weighted by Gasteiger charge is 2.15. The molecule has 1 atom stereocenters. The summed E-state index contributed by atoms with van der Waals surface area (Å²) in [5, 5.41) is 18.4. The van der Waals surface area contributed by atoms with E-state index in [0.717, 1.165) is 0 Å². The van der Waals surface area contributed by atoms with E-state index < -0.39 is 19.8 Å². The molecule has 0 aliphatic rings. The molecule has 0 saturated heterocycles. The number of phenols is 1. The van der Waals surface area contributed by atoms with Gasteiger partial charge in [-0.3, -0.25) is 9.32 Å². The van der Waals surface area contributed by atoms with Crippen LogP contribution in [0.3, 0.4) is 0 Å². The van der Waals surface area contributed by atoms with Gasteiger partial charge < -0.3 is 25.7 Å². The van der Waals surface area contributed by atoms with Gasteiger partial charge in [-0.05, 0) is 23.6 Å². The quantitative estimate of drug-likeness (QED) is 0.442. The average molecular weight is 305 g/mol. The number of aromatic hydroxyl groups is 1. The van der Waals surface area contributed by atoms with Crippen LogP contribution in [-0.4, -0.2) is 38.6 Å². The molecule has 0 spiro atoms. The normalized spacial score (nSPS) is 13.2. The fourth-order valence-electron chi connectivity index (χ4n) is 1.56. The second-order valence-corrected chi connectivity index (χ2v) is 5.43. The van der Waals surface area contributed by atoms with Gasteiger partial charge in [-0.25, -0.2) is 4.57 Å². The number of phenolic OH excluding ortho intramolecular Hbond substituents is 1. The summed E-state index contributed by atoms with van der Waals surface area (Å²) in [6.45, 7) is -0.244. The van der Waals surface area contributed by atoms with Gasteiger partial charge in [-0.1, -0.05) is 12.1 Å². The predicted octanol–water partition coefficient (Wildman–Crippen LogP) is -0.00160. The molecule has 0 unspecified atom stereocenters. The fraction of sp³-hybridized carbons (Fsp3) is 0.364. The number of carbonyl (C=O) groups is 1. The summed E-state index contributed by atoms with van der Waals surface area (Å²) < 4.78 is 14.8. The Morgan fingerprint density at radius 2 is 2.05 bits per heavy atom. The maximum atomic E-state index is 10.6. The van der Waals surface area contributed by atoms with Gasteiger partial charge >= 0.3 is 13.8 Å². The van der Waals surface area contributed by atoms with Gasteiger partial charge in [-0.15, -0.1) is 0 Å². The van der Waals surface area contributed by atoms with Crippen molar-refractivity contribution >= 4 is 13.8 Å². The Morgan fingerprint density at radius 1 is 1.40 bits per heavy atom. The molecule has 0 aromatic heterocycles. The van der Waals surface area contributed by atoms with E-state index in [1.54, 1.807) is 6.07 Å². The molecule has 8 nitrogen and oxygen atoms in total. The third kappa shape index (κ3) is 5.68. The number of rotatable bonds is 7. The molecule has 1 rings (SSSR count). The minimum absolute atomic E-state index is 0.0716. The Bertz CT molecular complexity index is 528.